The number of carbonyl (C=O) groups excluding carboxylic acids is 1. The molecule has 0 aliphatic carbocycles. The Morgan fingerprint density at radius 2 is 2.00 bits per heavy atom. The van der Waals surface area contributed by atoms with Crippen LogP contribution >= 0.6 is 0 Å². The molecule has 0 saturated heterocycles. The van der Waals surface area contributed by atoms with E-state index < -0.39 is 0 Å². The van der Waals surface area contributed by atoms with E-state index >= 15 is 0 Å². The largest absolute Gasteiger partial charge is 0.310 e. The Kier molecular flexibility index (Phi) is 3.41. The summed E-state index contributed by atoms with van der Waals surface area (Å²) in [6, 6.07) is 14.3. The minimum absolute atomic E-state index is 0.0920. The Morgan fingerprint density at radius 1 is 1.21 bits per heavy atom. The SMILES string of the molecule is Cc1ccc(-n2ncc3c2NC(=O)CC3c2cccc(F)c2)cc1. The zero-order valence-corrected chi connectivity index (χ0v) is 13.2. The van der Waals surface area contributed by atoms with Crippen LogP contribution < -0.4 is 5.32 Å². The minimum Gasteiger partial charge on any atom is -0.310 e. The van der Waals surface area contributed by atoms with Crippen LogP contribution in [0.15, 0.2) is 54.7 Å². The molecule has 2 aromatic carbocycles. The van der Waals surface area contributed by atoms with Crippen molar-refractivity contribution in [3.8, 4) is 5.69 Å². The minimum atomic E-state index is -0.300. The Bertz CT molecular complexity index is 915. The zero-order valence-electron chi connectivity index (χ0n) is 13.2. The maximum absolute atomic E-state index is 13.6. The van der Waals surface area contributed by atoms with Gasteiger partial charge in [0.2, 0.25) is 5.91 Å². The molecular formula is C19H16FN3O. The normalized spacial score (nSPS) is 16.6. The summed E-state index contributed by atoms with van der Waals surface area (Å²) in [6.45, 7) is 2.02. The van der Waals surface area contributed by atoms with Crippen molar-refractivity contribution >= 4 is 11.7 Å². The summed E-state index contributed by atoms with van der Waals surface area (Å²) in [5.41, 5.74) is 3.72. The van der Waals surface area contributed by atoms with E-state index in [0.717, 1.165) is 22.4 Å². The fourth-order valence-electron chi connectivity index (χ4n) is 3.12. The van der Waals surface area contributed by atoms with Crippen LogP contribution in [0.5, 0.6) is 0 Å². The lowest BCUT2D eigenvalue weighted by molar-refractivity contribution is -0.116. The summed E-state index contributed by atoms with van der Waals surface area (Å²) in [4.78, 5) is 12.2. The van der Waals surface area contributed by atoms with Crippen molar-refractivity contribution in [2.24, 2.45) is 0 Å². The van der Waals surface area contributed by atoms with E-state index in [2.05, 4.69) is 10.4 Å². The first-order chi connectivity index (χ1) is 11.6. The number of nitrogens with one attached hydrogen (secondary N) is 1. The van der Waals surface area contributed by atoms with Crippen LogP contribution in [0.4, 0.5) is 10.2 Å². The van der Waals surface area contributed by atoms with Crippen molar-refractivity contribution in [2.75, 3.05) is 5.32 Å². The number of aryl methyl sites for hydroxylation is 1. The third-order valence-corrected chi connectivity index (χ3v) is 4.35. The van der Waals surface area contributed by atoms with Gasteiger partial charge in [0.25, 0.3) is 0 Å². The maximum atomic E-state index is 13.6. The molecule has 120 valence electrons. The van der Waals surface area contributed by atoms with Crippen LogP contribution in [0.25, 0.3) is 5.69 Å². The second-order valence-electron chi connectivity index (χ2n) is 6.06. The number of hydrogen-bond donors (Lipinski definition) is 1. The molecule has 0 bridgehead atoms. The van der Waals surface area contributed by atoms with Gasteiger partial charge in [-0.2, -0.15) is 5.10 Å². The first-order valence-corrected chi connectivity index (χ1v) is 7.82. The number of rotatable bonds is 2. The Labute approximate surface area is 138 Å². The first kappa shape index (κ1) is 14.6. The quantitative estimate of drug-likeness (QED) is 0.780. The van der Waals surface area contributed by atoms with Gasteiger partial charge in [-0.25, -0.2) is 9.07 Å². The van der Waals surface area contributed by atoms with E-state index in [-0.39, 0.29) is 24.1 Å². The molecule has 3 aromatic rings. The molecule has 0 spiro atoms. The lowest BCUT2D eigenvalue weighted by atomic mass is 9.87. The summed E-state index contributed by atoms with van der Waals surface area (Å²) in [5, 5.41) is 7.34. The smallest absolute Gasteiger partial charge is 0.226 e. The Morgan fingerprint density at radius 3 is 2.75 bits per heavy atom. The van der Waals surface area contributed by atoms with Gasteiger partial charge in [-0.3, -0.25) is 4.79 Å². The highest BCUT2D eigenvalue weighted by molar-refractivity contribution is 5.94. The summed E-state index contributed by atoms with van der Waals surface area (Å²) < 4.78 is 15.3. The molecule has 1 unspecified atom stereocenters. The van der Waals surface area contributed by atoms with E-state index in [9.17, 15) is 9.18 Å². The standard InChI is InChI=1S/C19H16FN3O/c1-12-5-7-15(8-6-12)23-19-17(11-21-23)16(10-18(24)22-19)13-3-2-4-14(20)9-13/h2-9,11,16H,10H2,1H3,(H,22,24). The Balaban J connectivity index is 1.81. The molecule has 24 heavy (non-hydrogen) atoms. The van der Waals surface area contributed by atoms with Gasteiger partial charge in [0, 0.05) is 17.9 Å². The van der Waals surface area contributed by atoms with E-state index in [0.29, 0.717) is 5.82 Å². The van der Waals surface area contributed by atoms with Crippen molar-refractivity contribution < 1.29 is 9.18 Å². The van der Waals surface area contributed by atoms with Gasteiger partial charge in [-0.15, -0.1) is 0 Å². The second-order valence-corrected chi connectivity index (χ2v) is 6.06. The van der Waals surface area contributed by atoms with Gasteiger partial charge in [-0.1, -0.05) is 29.8 Å². The van der Waals surface area contributed by atoms with Crippen LogP contribution in [-0.2, 0) is 4.79 Å². The molecule has 1 N–H and O–H groups in total. The lowest BCUT2D eigenvalue weighted by Gasteiger charge is -2.23. The third kappa shape index (κ3) is 2.48. The molecule has 1 amide bonds. The topological polar surface area (TPSA) is 46.9 Å². The number of aromatic nitrogens is 2. The van der Waals surface area contributed by atoms with Crippen molar-refractivity contribution in [3.05, 3.63) is 77.2 Å². The number of benzene rings is 2. The van der Waals surface area contributed by atoms with E-state index in [4.69, 9.17) is 0 Å². The molecule has 4 nitrogen and oxygen atoms in total. The number of nitrogens with zero attached hydrogens (tertiary/aromatic N) is 2. The molecule has 1 aliphatic rings. The predicted octanol–water partition coefficient (Wildman–Crippen LogP) is 3.79. The van der Waals surface area contributed by atoms with E-state index in [1.807, 2.05) is 37.3 Å². The highest BCUT2D eigenvalue weighted by atomic mass is 19.1. The van der Waals surface area contributed by atoms with Gasteiger partial charge in [0.1, 0.15) is 11.6 Å². The summed E-state index contributed by atoms with van der Waals surface area (Å²) in [6.07, 6.45) is 2.04. The number of amides is 1. The van der Waals surface area contributed by atoms with Gasteiger partial charge >= 0.3 is 0 Å². The summed E-state index contributed by atoms with van der Waals surface area (Å²) in [5.74, 6) is 0.0737. The third-order valence-electron chi connectivity index (χ3n) is 4.35. The molecule has 2 heterocycles. The average molecular weight is 321 g/mol. The molecule has 1 aromatic heterocycles. The maximum Gasteiger partial charge on any atom is 0.226 e. The molecule has 1 aliphatic heterocycles. The highest BCUT2D eigenvalue weighted by Crippen LogP contribution is 2.38. The number of halogens is 1. The fraction of sp³-hybridized carbons (Fsp3) is 0.158. The highest BCUT2D eigenvalue weighted by Gasteiger charge is 2.30. The molecule has 0 radical (unpaired) electrons. The monoisotopic (exact) mass is 321 g/mol. The number of anilines is 1. The molecular weight excluding hydrogens is 305 g/mol. The number of fused-ring (bicyclic) bond motifs is 1. The van der Waals surface area contributed by atoms with Crippen molar-refractivity contribution in [2.45, 2.75) is 19.3 Å². The zero-order chi connectivity index (χ0) is 16.7. The van der Waals surface area contributed by atoms with Crippen LogP contribution in [0.1, 0.15) is 29.0 Å². The predicted molar refractivity (Wildman–Crippen MR) is 89.8 cm³/mol. The van der Waals surface area contributed by atoms with Crippen molar-refractivity contribution in [1.82, 2.24) is 9.78 Å². The number of hydrogen-bond acceptors (Lipinski definition) is 2. The second kappa shape index (κ2) is 5.60. The molecule has 5 heteroatoms. The van der Waals surface area contributed by atoms with Crippen molar-refractivity contribution in [1.29, 1.82) is 0 Å². The van der Waals surface area contributed by atoms with Crippen LogP contribution in [0.3, 0.4) is 0 Å². The van der Waals surface area contributed by atoms with Crippen molar-refractivity contribution in [3.63, 3.8) is 0 Å². The summed E-state index contributed by atoms with van der Waals surface area (Å²) >= 11 is 0. The van der Waals surface area contributed by atoms with Gasteiger partial charge in [0.15, 0.2) is 0 Å². The van der Waals surface area contributed by atoms with Gasteiger partial charge in [-0.05, 0) is 36.8 Å². The molecule has 1 atom stereocenters. The fourth-order valence-corrected chi connectivity index (χ4v) is 3.12. The van der Waals surface area contributed by atoms with Crippen LogP contribution in [0, 0.1) is 12.7 Å². The van der Waals surface area contributed by atoms with Gasteiger partial charge < -0.3 is 5.32 Å². The molecule has 4 rings (SSSR count). The average Bonchev–Trinajstić information content (AvgIpc) is 2.98. The number of carbonyl (C=O) groups is 1. The van der Waals surface area contributed by atoms with E-state index in [1.54, 1.807) is 16.9 Å². The molecule has 0 fully saturated rings. The molecule has 0 saturated carbocycles. The Hall–Kier alpha value is -2.95. The lowest BCUT2D eigenvalue weighted by Crippen LogP contribution is -2.24. The first-order valence-electron chi connectivity index (χ1n) is 7.82. The van der Waals surface area contributed by atoms with Crippen LogP contribution in [0.2, 0.25) is 0 Å². The summed E-state index contributed by atoms with van der Waals surface area (Å²) in [7, 11) is 0. The van der Waals surface area contributed by atoms with Gasteiger partial charge in [0.05, 0.1) is 11.9 Å². The van der Waals surface area contributed by atoms with E-state index in [1.165, 1.54) is 12.1 Å². The van der Waals surface area contributed by atoms with Crippen LogP contribution in [-0.4, -0.2) is 15.7 Å².